The summed E-state index contributed by atoms with van der Waals surface area (Å²) in [6, 6.07) is 17.2. The Bertz CT molecular complexity index is 896. The molecule has 0 aliphatic heterocycles. The van der Waals surface area contributed by atoms with Crippen molar-refractivity contribution in [3.8, 4) is 5.75 Å². The van der Waals surface area contributed by atoms with Gasteiger partial charge in [-0.3, -0.25) is 9.78 Å². The third-order valence-corrected chi connectivity index (χ3v) is 4.01. The molecule has 6 heteroatoms. The van der Waals surface area contributed by atoms with Gasteiger partial charge in [-0.2, -0.15) is 0 Å². The van der Waals surface area contributed by atoms with Crippen LogP contribution in [0, 0.1) is 5.82 Å². The van der Waals surface area contributed by atoms with Crippen LogP contribution in [0.2, 0.25) is 0 Å². The molecule has 2 N–H and O–H groups in total. The highest BCUT2D eigenvalue weighted by molar-refractivity contribution is 5.93. The Morgan fingerprint density at radius 1 is 1.00 bits per heavy atom. The zero-order chi connectivity index (χ0) is 19.1. The van der Waals surface area contributed by atoms with Crippen molar-refractivity contribution in [2.75, 3.05) is 12.4 Å². The number of nitrogens with one attached hydrogen (secondary N) is 2. The van der Waals surface area contributed by atoms with Crippen LogP contribution in [-0.2, 0) is 13.1 Å². The normalized spacial score (nSPS) is 10.3. The molecular formula is C21H20FN3O2. The summed E-state index contributed by atoms with van der Waals surface area (Å²) in [7, 11) is 1.61. The second kappa shape index (κ2) is 8.80. The third-order valence-electron chi connectivity index (χ3n) is 4.01. The fourth-order valence-electron chi connectivity index (χ4n) is 2.49. The van der Waals surface area contributed by atoms with E-state index in [2.05, 4.69) is 15.6 Å². The van der Waals surface area contributed by atoms with E-state index in [0.29, 0.717) is 18.8 Å². The Balaban J connectivity index is 1.56. The van der Waals surface area contributed by atoms with Crippen molar-refractivity contribution in [2.45, 2.75) is 13.1 Å². The number of methoxy groups -OCH3 is 1. The molecule has 138 valence electrons. The number of pyridine rings is 1. The highest BCUT2D eigenvalue weighted by atomic mass is 19.1. The van der Waals surface area contributed by atoms with Gasteiger partial charge in [0.2, 0.25) is 0 Å². The Kier molecular flexibility index (Phi) is 5.99. The first kappa shape index (κ1) is 18.4. The number of halogens is 1. The van der Waals surface area contributed by atoms with Gasteiger partial charge in [0.05, 0.1) is 7.11 Å². The van der Waals surface area contributed by atoms with Crippen molar-refractivity contribution in [1.29, 1.82) is 0 Å². The molecule has 1 aromatic heterocycles. The maximum absolute atomic E-state index is 12.9. The summed E-state index contributed by atoms with van der Waals surface area (Å²) in [6.45, 7) is 0.926. The Hall–Kier alpha value is -3.41. The van der Waals surface area contributed by atoms with E-state index in [-0.39, 0.29) is 11.7 Å². The molecule has 3 aromatic rings. The van der Waals surface area contributed by atoms with E-state index in [4.69, 9.17) is 4.74 Å². The number of rotatable bonds is 7. The number of ether oxygens (including phenoxy) is 1. The van der Waals surface area contributed by atoms with Crippen LogP contribution in [0.25, 0.3) is 0 Å². The summed E-state index contributed by atoms with van der Waals surface area (Å²) in [4.78, 5) is 16.5. The van der Waals surface area contributed by atoms with Crippen molar-refractivity contribution in [1.82, 2.24) is 10.3 Å². The molecule has 1 amide bonds. The lowest BCUT2D eigenvalue weighted by Gasteiger charge is -2.09. The minimum absolute atomic E-state index is 0.253. The molecule has 0 aliphatic carbocycles. The fraction of sp³-hybridized carbons (Fsp3) is 0.143. The highest BCUT2D eigenvalue weighted by Crippen LogP contribution is 2.13. The van der Waals surface area contributed by atoms with E-state index in [1.54, 1.807) is 37.6 Å². The van der Waals surface area contributed by atoms with Gasteiger partial charge in [0, 0.05) is 25.0 Å². The molecule has 0 saturated carbocycles. The lowest BCUT2D eigenvalue weighted by atomic mass is 10.2. The largest absolute Gasteiger partial charge is 0.497 e. The first-order valence-corrected chi connectivity index (χ1v) is 8.49. The molecular weight excluding hydrogens is 345 g/mol. The maximum atomic E-state index is 12.9. The molecule has 2 aromatic carbocycles. The predicted octanol–water partition coefficient (Wildman–Crippen LogP) is 3.77. The minimum Gasteiger partial charge on any atom is -0.497 e. The van der Waals surface area contributed by atoms with Crippen molar-refractivity contribution in [2.24, 2.45) is 0 Å². The Morgan fingerprint density at radius 2 is 1.67 bits per heavy atom. The molecule has 0 unspecified atom stereocenters. The van der Waals surface area contributed by atoms with Crippen molar-refractivity contribution in [3.63, 3.8) is 0 Å². The second-order valence-electron chi connectivity index (χ2n) is 5.94. The number of carbonyl (C=O) groups excluding carboxylic acids is 1. The van der Waals surface area contributed by atoms with E-state index in [1.165, 1.54) is 12.1 Å². The zero-order valence-corrected chi connectivity index (χ0v) is 14.9. The van der Waals surface area contributed by atoms with Crippen LogP contribution < -0.4 is 15.4 Å². The Labute approximate surface area is 157 Å². The molecule has 0 aliphatic rings. The standard InChI is InChI=1S/C21H20FN3O2/c1-27-19-8-4-16(5-9-19)14-25-21(26)20-12-18(10-11-23-20)24-13-15-2-6-17(22)7-3-15/h2-12H,13-14H2,1H3,(H,23,24)(H,25,26). The first-order valence-electron chi connectivity index (χ1n) is 8.49. The minimum atomic E-state index is -0.265. The molecule has 5 nitrogen and oxygen atoms in total. The summed E-state index contributed by atoms with van der Waals surface area (Å²) < 4.78 is 18.1. The quantitative estimate of drug-likeness (QED) is 0.669. The summed E-state index contributed by atoms with van der Waals surface area (Å²) >= 11 is 0. The van der Waals surface area contributed by atoms with Gasteiger partial charge in [0.25, 0.3) is 5.91 Å². The number of anilines is 1. The average molecular weight is 365 g/mol. The second-order valence-corrected chi connectivity index (χ2v) is 5.94. The van der Waals surface area contributed by atoms with Gasteiger partial charge in [-0.1, -0.05) is 24.3 Å². The number of amides is 1. The van der Waals surface area contributed by atoms with Gasteiger partial charge in [0.1, 0.15) is 17.3 Å². The number of hydrogen-bond donors (Lipinski definition) is 2. The number of carbonyl (C=O) groups is 1. The lowest BCUT2D eigenvalue weighted by Crippen LogP contribution is -2.23. The molecule has 1 heterocycles. The number of nitrogens with zero attached hydrogens (tertiary/aromatic N) is 1. The zero-order valence-electron chi connectivity index (χ0n) is 14.9. The molecule has 0 saturated heterocycles. The summed E-state index contributed by atoms with van der Waals surface area (Å²) in [5.74, 6) is 0.251. The predicted molar refractivity (Wildman–Crippen MR) is 102 cm³/mol. The SMILES string of the molecule is COc1ccc(CNC(=O)c2cc(NCc3ccc(F)cc3)ccn2)cc1. The van der Waals surface area contributed by atoms with Crippen molar-refractivity contribution < 1.29 is 13.9 Å². The monoisotopic (exact) mass is 365 g/mol. The van der Waals surface area contributed by atoms with E-state index in [1.807, 2.05) is 24.3 Å². The van der Waals surface area contributed by atoms with Crippen LogP contribution in [0.5, 0.6) is 5.75 Å². The highest BCUT2D eigenvalue weighted by Gasteiger charge is 2.08. The lowest BCUT2D eigenvalue weighted by molar-refractivity contribution is 0.0946. The average Bonchev–Trinajstić information content (AvgIpc) is 2.72. The van der Waals surface area contributed by atoms with Gasteiger partial charge < -0.3 is 15.4 Å². The van der Waals surface area contributed by atoms with Crippen molar-refractivity contribution >= 4 is 11.6 Å². The molecule has 0 atom stereocenters. The van der Waals surface area contributed by atoms with Crippen LogP contribution in [0.1, 0.15) is 21.6 Å². The van der Waals surface area contributed by atoms with Gasteiger partial charge >= 0.3 is 0 Å². The molecule has 0 fully saturated rings. The summed E-state index contributed by atoms with van der Waals surface area (Å²) in [5, 5.41) is 6.05. The number of hydrogen-bond acceptors (Lipinski definition) is 4. The van der Waals surface area contributed by atoms with Crippen LogP contribution >= 0.6 is 0 Å². The smallest absolute Gasteiger partial charge is 0.270 e. The number of aromatic nitrogens is 1. The topological polar surface area (TPSA) is 63.2 Å². The molecule has 3 rings (SSSR count). The van der Waals surface area contributed by atoms with Gasteiger partial charge in [-0.25, -0.2) is 4.39 Å². The Morgan fingerprint density at radius 3 is 2.37 bits per heavy atom. The first-order chi connectivity index (χ1) is 13.1. The van der Waals surface area contributed by atoms with Crippen LogP contribution in [0.3, 0.4) is 0 Å². The maximum Gasteiger partial charge on any atom is 0.270 e. The fourth-order valence-corrected chi connectivity index (χ4v) is 2.49. The van der Waals surface area contributed by atoms with Crippen LogP contribution in [0.4, 0.5) is 10.1 Å². The van der Waals surface area contributed by atoms with E-state index < -0.39 is 0 Å². The van der Waals surface area contributed by atoms with Crippen molar-refractivity contribution in [3.05, 3.63) is 89.5 Å². The molecule has 0 bridgehead atoms. The third kappa shape index (κ3) is 5.28. The molecule has 27 heavy (non-hydrogen) atoms. The van der Waals surface area contributed by atoms with E-state index in [0.717, 1.165) is 22.6 Å². The van der Waals surface area contributed by atoms with Crippen LogP contribution in [0.15, 0.2) is 66.9 Å². The van der Waals surface area contributed by atoms with Gasteiger partial charge in [-0.15, -0.1) is 0 Å². The van der Waals surface area contributed by atoms with E-state index >= 15 is 0 Å². The van der Waals surface area contributed by atoms with E-state index in [9.17, 15) is 9.18 Å². The summed E-state index contributed by atoms with van der Waals surface area (Å²) in [5.41, 5.74) is 3.00. The summed E-state index contributed by atoms with van der Waals surface area (Å²) in [6.07, 6.45) is 1.58. The van der Waals surface area contributed by atoms with Gasteiger partial charge in [0.15, 0.2) is 0 Å². The molecule has 0 spiro atoms. The van der Waals surface area contributed by atoms with Gasteiger partial charge in [-0.05, 0) is 47.5 Å². The number of benzene rings is 2. The van der Waals surface area contributed by atoms with Crippen LogP contribution in [-0.4, -0.2) is 18.0 Å². The molecule has 0 radical (unpaired) electrons.